The molecule has 0 bridgehead atoms. The molecule has 138 valence electrons. The Morgan fingerprint density at radius 2 is 1.96 bits per heavy atom. The summed E-state index contributed by atoms with van der Waals surface area (Å²) < 4.78 is 34.6. The molecule has 3 N–H and O–H groups in total. The van der Waals surface area contributed by atoms with Gasteiger partial charge in [-0.25, -0.2) is 9.36 Å². The number of nitrogens with zero attached hydrogens (tertiary/aromatic N) is 1. The summed E-state index contributed by atoms with van der Waals surface area (Å²) in [6, 6.07) is 5.26. The van der Waals surface area contributed by atoms with E-state index in [1.54, 1.807) is 0 Å². The van der Waals surface area contributed by atoms with Gasteiger partial charge >= 0.3 is 5.69 Å². The third-order valence-corrected chi connectivity index (χ3v) is 3.76. The van der Waals surface area contributed by atoms with E-state index in [1.165, 1.54) is 18.2 Å². The van der Waals surface area contributed by atoms with E-state index >= 15 is 0 Å². The number of hydrogen-bond donors (Lipinski definition) is 3. The van der Waals surface area contributed by atoms with Crippen molar-refractivity contribution >= 4 is 0 Å². The van der Waals surface area contributed by atoms with Crippen molar-refractivity contribution in [1.29, 1.82) is 0 Å². The molecule has 0 radical (unpaired) electrons. The molecular formula is C17H22F2N2O4. The summed E-state index contributed by atoms with van der Waals surface area (Å²) in [5.74, 6) is -3.57. The van der Waals surface area contributed by atoms with Crippen LogP contribution < -0.4 is 5.69 Å². The molecule has 8 heteroatoms. The highest BCUT2D eigenvalue weighted by atomic mass is 19.3. The second-order valence-electron chi connectivity index (χ2n) is 5.73. The SMILES string of the molecule is O=c1[nH]cc(O)n1-c1cccc(C(F)(F)COCCCCCCO)c1. The fraction of sp³-hybridized carbons (Fsp3) is 0.471. The lowest BCUT2D eigenvalue weighted by Gasteiger charge is -2.18. The molecule has 1 heterocycles. The molecule has 2 rings (SSSR count). The number of hydrogen-bond acceptors (Lipinski definition) is 4. The van der Waals surface area contributed by atoms with Gasteiger partial charge < -0.3 is 19.9 Å². The largest absolute Gasteiger partial charge is 0.493 e. The third-order valence-electron chi connectivity index (χ3n) is 3.76. The maximum atomic E-state index is 14.3. The molecule has 0 spiro atoms. The minimum atomic E-state index is -3.21. The number of aromatic amines is 1. The standard InChI is InChI=1S/C17H22F2N2O4/c18-17(19,12-25-9-4-2-1-3-8-22)13-6-5-7-14(10-13)21-15(23)11-20-16(21)24/h5-7,10-11,22-23H,1-4,8-9,12H2,(H,20,24). The highest BCUT2D eigenvalue weighted by Crippen LogP contribution is 2.30. The smallest absolute Gasteiger partial charge is 0.333 e. The number of halogens is 2. The van der Waals surface area contributed by atoms with Gasteiger partial charge in [-0.2, -0.15) is 8.78 Å². The second-order valence-corrected chi connectivity index (χ2v) is 5.73. The van der Waals surface area contributed by atoms with Crippen LogP contribution in [0.5, 0.6) is 5.88 Å². The maximum Gasteiger partial charge on any atom is 0.333 e. The number of aliphatic hydroxyl groups excluding tert-OH is 1. The van der Waals surface area contributed by atoms with Crippen LogP contribution in [-0.2, 0) is 10.7 Å². The van der Waals surface area contributed by atoms with Gasteiger partial charge in [0.2, 0.25) is 5.88 Å². The highest BCUT2D eigenvalue weighted by Gasteiger charge is 2.32. The van der Waals surface area contributed by atoms with E-state index in [-0.39, 0.29) is 30.3 Å². The van der Waals surface area contributed by atoms with Crippen LogP contribution in [0, 0.1) is 0 Å². The van der Waals surface area contributed by atoms with Crippen LogP contribution in [0.25, 0.3) is 5.69 Å². The number of nitrogens with one attached hydrogen (secondary N) is 1. The molecule has 6 nitrogen and oxygen atoms in total. The van der Waals surface area contributed by atoms with Crippen molar-refractivity contribution in [3.05, 3.63) is 46.5 Å². The molecule has 0 saturated carbocycles. The van der Waals surface area contributed by atoms with Crippen LogP contribution in [0.4, 0.5) is 8.78 Å². The number of aliphatic hydroxyl groups is 1. The van der Waals surface area contributed by atoms with Crippen molar-refractivity contribution in [3.8, 4) is 11.6 Å². The molecule has 1 aromatic carbocycles. The summed E-state index contributed by atoms with van der Waals surface area (Å²) in [5, 5.41) is 18.3. The van der Waals surface area contributed by atoms with Crippen LogP contribution in [-0.4, -0.2) is 39.6 Å². The number of H-pyrrole nitrogens is 1. The zero-order valence-corrected chi connectivity index (χ0v) is 13.8. The van der Waals surface area contributed by atoms with Gasteiger partial charge in [-0.15, -0.1) is 0 Å². The van der Waals surface area contributed by atoms with Gasteiger partial charge in [-0.3, -0.25) is 0 Å². The number of aromatic nitrogens is 2. The van der Waals surface area contributed by atoms with Gasteiger partial charge in [0.05, 0.1) is 11.9 Å². The molecule has 25 heavy (non-hydrogen) atoms. The summed E-state index contributed by atoms with van der Waals surface area (Å²) >= 11 is 0. The Morgan fingerprint density at radius 1 is 1.20 bits per heavy atom. The summed E-state index contributed by atoms with van der Waals surface area (Å²) in [6.45, 7) is -0.404. The monoisotopic (exact) mass is 356 g/mol. The predicted molar refractivity (Wildman–Crippen MR) is 88.3 cm³/mol. The predicted octanol–water partition coefficient (Wildman–Crippen LogP) is 2.53. The average Bonchev–Trinajstić information content (AvgIpc) is 2.93. The first-order valence-electron chi connectivity index (χ1n) is 8.12. The van der Waals surface area contributed by atoms with Gasteiger partial charge in [0.1, 0.15) is 6.61 Å². The summed E-state index contributed by atoms with van der Waals surface area (Å²) in [7, 11) is 0. The first-order chi connectivity index (χ1) is 12.0. The van der Waals surface area contributed by atoms with Crippen molar-refractivity contribution in [2.24, 2.45) is 0 Å². The fourth-order valence-corrected chi connectivity index (χ4v) is 2.43. The number of alkyl halides is 2. The third kappa shape index (κ3) is 5.14. The molecule has 0 saturated heterocycles. The number of imidazole rings is 1. The molecule has 0 aliphatic heterocycles. The number of rotatable bonds is 10. The van der Waals surface area contributed by atoms with E-state index in [0.29, 0.717) is 12.8 Å². The Labute approximate surface area is 143 Å². The van der Waals surface area contributed by atoms with E-state index in [2.05, 4.69) is 4.98 Å². The van der Waals surface area contributed by atoms with Gasteiger partial charge in [-0.1, -0.05) is 25.0 Å². The number of benzene rings is 1. The Kier molecular flexibility index (Phi) is 6.72. The molecule has 0 aliphatic rings. The highest BCUT2D eigenvalue weighted by molar-refractivity contribution is 5.40. The summed E-state index contributed by atoms with van der Waals surface area (Å²) in [4.78, 5) is 13.9. The van der Waals surface area contributed by atoms with Crippen LogP contribution in [0.15, 0.2) is 35.3 Å². The van der Waals surface area contributed by atoms with Gasteiger partial charge in [0.15, 0.2) is 0 Å². The topological polar surface area (TPSA) is 87.5 Å². The summed E-state index contributed by atoms with van der Waals surface area (Å²) in [6.07, 6.45) is 4.11. The van der Waals surface area contributed by atoms with E-state index in [0.717, 1.165) is 29.7 Å². The van der Waals surface area contributed by atoms with Crippen LogP contribution in [0.3, 0.4) is 0 Å². The molecule has 2 aromatic rings. The van der Waals surface area contributed by atoms with Gasteiger partial charge in [-0.05, 0) is 25.0 Å². The Hall–Kier alpha value is -2.19. The Morgan fingerprint density at radius 3 is 2.64 bits per heavy atom. The zero-order chi connectivity index (χ0) is 18.3. The van der Waals surface area contributed by atoms with Gasteiger partial charge in [0, 0.05) is 18.8 Å². The van der Waals surface area contributed by atoms with Gasteiger partial charge in [0.25, 0.3) is 5.92 Å². The van der Waals surface area contributed by atoms with Crippen LogP contribution in [0.2, 0.25) is 0 Å². The average molecular weight is 356 g/mol. The second kappa shape index (κ2) is 8.77. The minimum absolute atomic E-state index is 0.134. The Balaban J connectivity index is 1.98. The minimum Gasteiger partial charge on any atom is -0.493 e. The number of aromatic hydroxyl groups is 1. The summed E-state index contributed by atoms with van der Waals surface area (Å²) in [5.41, 5.74) is -0.764. The molecule has 1 aromatic heterocycles. The molecule has 0 aliphatic carbocycles. The quantitative estimate of drug-likeness (QED) is 0.571. The molecule has 0 fully saturated rings. The first kappa shape index (κ1) is 19.1. The van der Waals surface area contributed by atoms with Crippen molar-refractivity contribution in [3.63, 3.8) is 0 Å². The first-order valence-corrected chi connectivity index (χ1v) is 8.12. The molecule has 0 amide bonds. The normalized spacial score (nSPS) is 11.8. The van der Waals surface area contributed by atoms with Crippen LogP contribution in [0.1, 0.15) is 31.2 Å². The number of unbranched alkanes of at least 4 members (excludes halogenated alkanes) is 3. The van der Waals surface area contributed by atoms with E-state index in [4.69, 9.17) is 9.84 Å². The van der Waals surface area contributed by atoms with Crippen molar-refractivity contribution in [2.75, 3.05) is 19.8 Å². The van der Waals surface area contributed by atoms with E-state index < -0.39 is 18.2 Å². The molecular weight excluding hydrogens is 334 g/mol. The van der Waals surface area contributed by atoms with Crippen molar-refractivity contribution < 1.29 is 23.7 Å². The molecule has 0 atom stereocenters. The zero-order valence-electron chi connectivity index (χ0n) is 13.8. The van der Waals surface area contributed by atoms with E-state index in [9.17, 15) is 18.7 Å². The van der Waals surface area contributed by atoms with Crippen LogP contribution >= 0.6 is 0 Å². The van der Waals surface area contributed by atoms with E-state index in [1.807, 2.05) is 0 Å². The lowest BCUT2D eigenvalue weighted by molar-refractivity contribution is -0.0831. The lowest BCUT2D eigenvalue weighted by Crippen LogP contribution is -2.22. The fourth-order valence-electron chi connectivity index (χ4n) is 2.43. The maximum absolute atomic E-state index is 14.3. The molecule has 0 unspecified atom stereocenters. The van der Waals surface area contributed by atoms with Crippen molar-refractivity contribution in [2.45, 2.75) is 31.6 Å². The lowest BCUT2D eigenvalue weighted by atomic mass is 10.1. The number of ether oxygens (including phenoxy) is 1. The van der Waals surface area contributed by atoms with Crippen molar-refractivity contribution in [1.82, 2.24) is 9.55 Å². The Bertz CT molecular complexity index is 727.